The highest BCUT2D eigenvalue weighted by molar-refractivity contribution is 5.64. The van der Waals surface area contributed by atoms with Crippen LogP contribution in [0.1, 0.15) is 16.7 Å². The summed E-state index contributed by atoms with van der Waals surface area (Å²) in [6.07, 6.45) is 1.66. The van der Waals surface area contributed by atoms with Crippen LogP contribution >= 0.6 is 0 Å². The highest BCUT2D eigenvalue weighted by Crippen LogP contribution is 2.48. The van der Waals surface area contributed by atoms with Crippen molar-refractivity contribution >= 4 is 0 Å². The molecule has 0 aliphatic carbocycles. The van der Waals surface area contributed by atoms with Crippen molar-refractivity contribution in [1.29, 1.82) is 0 Å². The monoisotopic (exact) mass is 276 g/mol. The molecule has 1 saturated heterocycles. The predicted octanol–water partition coefficient (Wildman–Crippen LogP) is 0.667. The topological polar surface area (TPSA) is 54.0 Å². The number of aromatic hydroxyl groups is 1. The van der Waals surface area contributed by atoms with Crippen LogP contribution in [0.2, 0.25) is 0 Å². The van der Waals surface area contributed by atoms with E-state index in [2.05, 4.69) is 10.2 Å². The lowest BCUT2D eigenvalue weighted by molar-refractivity contribution is 0.228. The Labute approximate surface area is 118 Å². The molecule has 5 nitrogen and oxygen atoms in total. The Balaban J connectivity index is 1.74. The van der Waals surface area contributed by atoms with Gasteiger partial charge in [-0.2, -0.15) is 0 Å². The van der Waals surface area contributed by atoms with Crippen LogP contribution in [0.5, 0.6) is 17.2 Å². The van der Waals surface area contributed by atoms with Gasteiger partial charge in [0.25, 0.3) is 0 Å². The number of nitrogens with one attached hydrogen (secondary N) is 1. The van der Waals surface area contributed by atoms with Crippen LogP contribution in [0, 0.1) is 0 Å². The van der Waals surface area contributed by atoms with Gasteiger partial charge < -0.3 is 19.9 Å². The van der Waals surface area contributed by atoms with E-state index in [0.29, 0.717) is 24.7 Å². The third-order valence-corrected chi connectivity index (χ3v) is 4.48. The van der Waals surface area contributed by atoms with Gasteiger partial charge in [-0.25, -0.2) is 0 Å². The van der Waals surface area contributed by atoms with E-state index in [9.17, 15) is 5.11 Å². The number of fused-ring (bicyclic) bond motifs is 2. The molecular weight excluding hydrogens is 256 g/mol. The van der Waals surface area contributed by atoms with Crippen molar-refractivity contribution in [2.45, 2.75) is 19.4 Å². The van der Waals surface area contributed by atoms with Gasteiger partial charge >= 0.3 is 0 Å². The summed E-state index contributed by atoms with van der Waals surface area (Å²) in [6, 6.07) is 0. The minimum Gasteiger partial charge on any atom is -0.504 e. The normalized spacial score (nSPS) is 21.2. The molecule has 3 aliphatic rings. The lowest BCUT2D eigenvalue weighted by atomic mass is 9.98. The number of nitrogens with zero attached hydrogens (tertiary/aromatic N) is 1. The van der Waals surface area contributed by atoms with Gasteiger partial charge in [-0.15, -0.1) is 0 Å². The van der Waals surface area contributed by atoms with Gasteiger partial charge in [-0.05, 0) is 0 Å². The van der Waals surface area contributed by atoms with Crippen LogP contribution in [-0.4, -0.2) is 49.4 Å². The molecule has 0 bridgehead atoms. The summed E-state index contributed by atoms with van der Waals surface area (Å²) in [5.41, 5.74) is 3.34. The highest BCUT2D eigenvalue weighted by atomic mass is 16.5. The number of rotatable bonds is 2. The van der Waals surface area contributed by atoms with Crippen molar-refractivity contribution in [1.82, 2.24) is 10.2 Å². The Bertz CT molecular complexity index is 503. The van der Waals surface area contributed by atoms with Crippen LogP contribution in [0.25, 0.3) is 0 Å². The van der Waals surface area contributed by atoms with Crippen LogP contribution < -0.4 is 14.8 Å². The van der Waals surface area contributed by atoms with Crippen molar-refractivity contribution in [3.8, 4) is 17.2 Å². The molecule has 0 saturated carbocycles. The Morgan fingerprint density at radius 1 is 1.00 bits per heavy atom. The zero-order valence-corrected chi connectivity index (χ0v) is 11.6. The Morgan fingerprint density at radius 2 is 1.70 bits per heavy atom. The standard InChI is InChI=1S/C15H20N2O3/c18-13-11-2-8-19-14(11)12(10-1-7-20-15(10)13)9-17-5-3-16-4-6-17/h16,18H,1-9H2. The SMILES string of the molecule is Oc1c2c(c(CN3CCNCC3)c3c1OCC3)OCC2. The molecule has 3 heterocycles. The molecule has 5 heteroatoms. The zero-order valence-electron chi connectivity index (χ0n) is 11.6. The van der Waals surface area contributed by atoms with Crippen molar-refractivity contribution in [3.05, 3.63) is 16.7 Å². The van der Waals surface area contributed by atoms with E-state index in [1.54, 1.807) is 0 Å². The van der Waals surface area contributed by atoms with Gasteiger partial charge in [0.05, 0.1) is 13.2 Å². The van der Waals surface area contributed by atoms with Gasteiger partial charge in [-0.3, -0.25) is 4.90 Å². The van der Waals surface area contributed by atoms with Gasteiger partial charge in [-0.1, -0.05) is 0 Å². The molecule has 1 aromatic rings. The molecular formula is C15H20N2O3. The summed E-state index contributed by atoms with van der Waals surface area (Å²) in [7, 11) is 0. The first-order valence-electron chi connectivity index (χ1n) is 7.43. The lowest BCUT2D eigenvalue weighted by Crippen LogP contribution is -2.43. The number of hydrogen-bond acceptors (Lipinski definition) is 5. The summed E-state index contributed by atoms with van der Waals surface area (Å²) >= 11 is 0. The maximum absolute atomic E-state index is 10.3. The minimum atomic E-state index is 0.314. The molecule has 20 heavy (non-hydrogen) atoms. The van der Waals surface area contributed by atoms with E-state index in [1.807, 2.05) is 0 Å². The summed E-state index contributed by atoms with van der Waals surface area (Å²) in [4.78, 5) is 2.45. The molecule has 2 N–H and O–H groups in total. The lowest BCUT2D eigenvalue weighted by Gasteiger charge is -2.28. The van der Waals surface area contributed by atoms with Crippen LogP contribution in [0.4, 0.5) is 0 Å². The highest BCUT2D eigenvalue weighted by Gasteiger charge is 2.32. The van der Waals surface area contributed by atoms with E-state index in [1.165, 1.54) is 5.56 Å². The summed E-state index contributed by atoms with van der Waals surface area (Å²) < 4.78 is 11.5. The second-order valence-corrected chi connectivity index (χ2v) is 5.67. The molecule has 1 fully saturated rings. The number of phenols is 1. The van der Waals surface area contributed by atoms with Crippen molar-refractivity contribution in [2.24, 2.45) is 0 Å². The van der Waals surface area contributed by atoms with Crippen LogP contribution in [0.15, 0.2) is 0 Å². The van der Waals surface area contributed by atoms with Crippen molar-refractivity contribution in [3.63, 3.8) is 0 Å². The number of hydrogen-bond donors (Lipinski definition) is 2. The first-order valence-corrected chi connectivity index (χ1v) is 7.43. The molecule has 0 spiro atoms. The van der Waals surface area contributed by atoms with Gasteiger partial charge in [0.1, 0.15) is 5.75 Å². The molecule has 0 aromatic heterocycles. The summed E-state index contributed by atoms with van der Waals surface area (Å²) in [5.74, 6) is 1.94. The maximum Gasteiger partial charge on any atom is 0.165 e. The summed E-state index contributed by atoms with van der Waals surface area (Å²) in [6.45, 7) is 6.44. The molecule has 4 rings (SSSR count). The average Bonchev–Trinajstić information content (AvgIpc) is 3.14. The van der Waals surface area contributed by atoms with E-state index in [4.69, 9.17) is 9.47 Å². The molecule has 3 aliphatic heterocycles. The zero-order chi connectivity index (χ0) is 13.5. The van der Waals surface area contributed by atoms with E-state index < -0.39 is 0 Å². The van der Waals surface area contributed by atoms with Gasteiger partial charge in [0.2, 0.25) is 0 Å². The number of piperazine rings is 1. The largest absolute Gasteiger partial charge is 0.504 e. The fourth-order valence-electron chi connectivity index (χ4n) is 3.44. The Morgan fingerprint density at radius 3 is 2.50 bits per heavy atom. The van der Waals surface area contributed by atoms with Crippen molar-refractivity contribution < 1.29 is 14.6 Å². The Hall–Kier alpha value is -1.46. The number of phenolic OH excluding ortho intramolecular Hbond substituents is 1. The average molecular weight is 276 g/mol. The molecule has 1 aromatic carbocycles. The maximum atomic E-state index is 10.3. The molecule has 0 radical (unpaired) electrons. The van der Waals surface area contributed by atoms with Crippen LogP contribution in [0.3, 0.4) is 0 Å². The first-order chi connectivity index (χ1) is 9.84. The van der Waals surface area contributed by atoms with Gasteiger partial charge in [0, 0.05) is 62.3 Å². The summed E-state index contributed by atoms with van der Waals surface area (Å²) in [5, 5.41) is 13.7. The van der Waals surface area contributed by atoms with Crippen molar-refractivity contribution in [2.75, 3.05) is 39.4 Å². The molecule has 0 unspecified atom stereocenters. The van der Waals surface area contributed by atoms with Crippen LogP contribution in [-0.2, 0) is 19.4 Å². The minimum absolute atomic E-state index is 0.314. The third-order valence-electron chi connectivity index (χ3n) is 4.48. The molecule has 0 amide bonds. The smallest absolute Gasteiger partial charge is 0.165 e. The van der Waals surface area contributed by atoms with E-state index in [-0.39, 0.29) is 0 Å². The number of ether oxygens (including phenoxy) is 2. The Kier molecular flexibility index (Phi) is 2.97. The van der Waals surface area contributed by atoms with E-state index in [0.717, 1.165) is 62.4 Å². The molecule has 108 valence electrons. The second-order valence-electron chi connectivity index (χ2n) is 5.67. The third kappa shape index (κ3) is 1.84. The fourth-order valence-corrected chi connectivity index (χ4v) is 3.44. The fraction of sp³-hybridized carbons (Fsp3) is 0.600. The molecule has 0 atom stereocenters. The second kappa shape index (κ2) is 4.82. The predicted molar refractivity (Wildman–Crippen MR) is 74.7 cm³/mol. The van der Waals surface area contributed by atoms with E-state index >= 15 is 0 Å². The first kappa shape index (κ1) is 12.3. The van der Waals surface area contributed by atoms with Gasteiger partial charge in [0.15, 0.2) is 11.5 Å². The number of benzene rings is 1. The quantitative estimate of drug-likeness (QED) is 0.831.